The van der Waals surface area contributed by atoms with Crippen LogP contribution < -0.4 is 10.1 Å². The van der Waals surface area contributed by atoms with E-state index in [-0.39, 0.29) is 12.0 Å². The quantitative estimate of drug-likeness (QED) is 0.896. The van der Waals surface area contributed by atoms with Crippen LogP contribution in [0.15, 0.2) is 28.8 Å². The molecule has 2 heterocycles. The Hall–Kier alpha value is -2.38. The van der Waals surface area contributed by atoms with Crippen molar-refractivity contribution in [2.45, 2.75) is 32.7 Å². The molecule has 134 valence electrons. The van der Waals surface area contributed by atoms with E-state index >= 15 is 0 Å². The molecule has 1 saturated heterocycles. The minimum absolute atomic E-state index is 0.177. The Morgan fingerprint density at radius 1 is 1.36 bits per heavy atom. The molecular weight excluding hydrogens is 324 g/mol. The van der Waals surface area contributed by atoms with Crippen LogP contribution in [0, 0.1) is 6.92 Å². The number of nitrogens with zero attached hydrogens (tertiary/aromatic N) is 1. The van der Waals surface area contributed by atoms with Crippen LogP contribution in [-0.2, 0) is 9.47 Å². The molecule has 0 saturated carbocycles. The second-order valence-electron chi connectivity index (χ2n) is 6.36. The number of carbonyl (C=O) groups is 1. The lowest BCUT2D eigenvalue weighted by Gasteiger charge is -2.17. The molecule has 2 aromatic rings. The van der Waals surface area contributed by atoms with Crippen molar-refractivity contribution in [2.24, 2.45) is 0 Å². The van der Waals surface area contributed by atoms with Gasteiger partial charge in [0.15, 0.2) is 11.5 Å². The van der Waals surface area contributed by atoms with Crippen LogP contribution in [0.2, 0.25) is 0 Å². The highest BCUT2D eigenvalue weighted by Crippen LogP contribution is 2.28. The van der Waals surface area contributed by atoms with Crippen LogP contribution in [0.1, 0.15) is 29.9 Å². The number of hydrogen-bond donors (Lipinski definition) is 1. The van der Waals surface area contributed by atoms with E-state index < -0.39 is 5.79 Å². The summed E-state index contributed by atoms with van der Waals surface area (Å²) < 4.78 is 21.7. The van der Waals surface area contributed by atoms with Crippen molar-refractivity contribution in [1.29, 1.82) is 0 Å². The van der Waals surface area contributed by atoms with Gasteiger partial charge in [-0.05, 0) is 45.0 Å². The topological polar surface area (TPSA) is 82.8 Å². The van der Waals surface area contributed by atoms with Crippen molar-refractivity contribution in [1.82, 2.24) is 10.5 Å². The van der Waals surface area contributed by atoms with Gasteiger partial charge in [-0.1, -0.05) is 5.16 Å². The first-order valence-electron chi connectivity index (χ1n) is 8.10. The summed E-state index contributed by atoms with van der Waals surface area (Å²) in [5.41, 5.74) is 1.71. The Kier molecular flexibility index (Phi) is 4.78. The van der Waals surface area contributed by atoms with Crippen molar-refractivity contribution in [3.63, 3.8) is 0 Å². The highest BCUT2D eigenvalue weighted by Gasteiger charge is 2.33. The third-order valence-corrected chi connectivity index (χ3v) is 4.00. The molecule has 0 bridgehead atoms. The molecule has 1 N–H and O–H groups in total. The summed E-state index contributed by atoms with van der Waals surface area (Å²) in [6, 6.07) is 7.26. The molecule has 7 heteroatoms. The van der Waals surface area contributed by atoms with E-state index in [1.807, 2.05) is 26.0 Å². The number of nitrogens with one attached hydrogen (secondary N) is 1. The molecule has 0 aliphatic carbocycles. The van der Waals surface area contributed by atoms with Crippen molar-refractivity contribution in [3.05, 3.63) is 35.5 Å². The van der Waals surface area contributed by atoms with E-state index in [0.717, 1.165) is 11.3 Å². The van der Waals surface area contributed by atoms with Gasteiger partial charge in [-0.2, -0.15) is 0 Å². The summed E-state index contributed by atoms with van der Waals surface area (Å²) in [6.07, 6.45) is -0.177. The molecule has 1 aliphatic heterocycles. The molecule has 1 unspecified atom stereocenters. The highest BCUT2D eigenvalue weighted by atomic mass is 16.7. The Labute approximate surface area is 146 Å². The smallest absolute Gasteiger partial charge is 0.257 e. The molecule has 1 fully saturated rings. The summed E-state index contributed by atoms with van der Waals surface area (Å²) in [4.78, 5) is 12.6. The van der Waals surface area contributed by atoms with Gasteiger partial charge in [0.1, 0.15) is 17.4 Å². The van der Waals surface area contributed by atoms with E-state index in [1.165, 1.54) is 0 Å². The number of rotatable bonds is 5. The van der Waals surface area contributed by atoms with Crippen LogP contribution in [0.5, 0.6) is 5.75 Å². The van der Waals surface area contributed by atoms with Crippen molar-refractivity contribution < 1.29 is 23.5 Å². The number of aromatic nitrogens is 1. The molecule has 1 aliphatic rings. The molecule has 1 aromatic heterocycles. The summed E-state index contributed by atoms with van der Waals surface area (Å²) in [5, 5.41) is 6.81. The lowest BCUT2D eigenvalue weighted by atomic mass is 10.1. The van der Waals surface area contributed by atoms with Crippen LogP contribution in [0.3, 0.4) is 0 Å². The van der Waals surface area contributed by atoms with E-state index in [1.54, 1.807) is 26.2 Å². The van der Waals surface area contributed by atoms with Gasteiger partial charge >= 0.3 is 0 Å². The van der Waals surface area contributed by atoms with Crippen LogP contribution in [-0.4, -0.2) is 43.2 Å². The van der Waals surface area contributed by atoms with Gasteiger partial charge in [0.05, 0.1) is 19.4 Å². The molecule has 25 heavy (non-hydrogen) atoms. The van der Waals surface area contributed by atoms with Gasteiger partial charge in [0.2, 0.25) is 0 Å². The molecule has 0 spiro atoms. The third-order valence-electron chi connectivity index (χ3n) is 4.00. The molecule has 1 atom stereocenters. The highest BCUT2D eigenvalue weighted by molar-refractivity contribution is 6.00. The average molecular weight is 346 g/mol. The predicted molar refractivity (Wildman–Crippen MR) is 90.5 cm³/mol. The maximum atomic E-state index is 12.6. The summed E-state index contributed by atoms with van der Waals surface area (Å²) in [5.74, 6) is 0.294. The van der Waals surface area contributed by atoms with E-state index in [2.05, 4.69) is 10.5 Å². The first-order valence-corrected chi connectivity index (χ1v) is 8.10. The van der Waals surface area contributed by atoms with E-state index in [9.17, 15) is 4.79 Å². The Morgan fingerprint density at radius 3 is 2.68 bits per heavy atom. The van der Waals surface area contributed by atoms with Gasteiger partial charge in [0.25, 0.3) is 5.91 Å². The predicted octanol–water partition coefficient (Wildman–Crippen LogP) is 2.54. The van der Waals surface area contributed by atoms with Crippen LogP contribution >= 0.6 is 0 Å². The molecular formula is C18H22N2O5. The van der Waals surface area contributed by atoms with Crippen molar-refractivity contribution in [2.75, 3.05) is 20.3 Å². The fourth-order valence-corrected chi connectivity index (χ4v) is 2.74. The molecule has 0 radical (unpaired) electrons. The van der Waals surface area contributed by atoms with Gasteiger partial charge in [-0.25, -0.2) is 0 Å². The number of methoxy groups -OCH3 is 1. The Balaban J connectivity index is 1.73. The fourth-order valence-electron chi connectivity index (χ4n) is 2.74. The normalized spacial score (nSPS) is 19.0. The molecule has 1 amide bonds. The van der Waals surface area contributed by atoms with Gasteiger partial charge in [-0.15, -0.1) is 0 Å². The van der Waals surface area contributed by atoms with E-state index in [0.29, 0.717) is 30.2 Å². The summed E-state index contributed by atoms with van der Waals surface area (Å²) in [7, 11) is 1.60. The lowest BCUT2D eigenvalue weighted by Crippen LogP contribution is -2.34. The van der Waals surface area contributed by atoms with Gasteiger partial charge in [0, 0.05) is 12.1 Å². The van der Waals surface area contributed by atoms with Gasteiger partial charge in [-0.3, -0.25) is 4.79 Å². The number of aryl methyl sites for hydroxylation is 1. The molecule has 7 nitrogen and oxygen atoms in total. The minimum atomic E-state index is -0.614. The minimum Gasteiger partial charge on any atom is -0.497 e. The van der Waals surface area contributed by atoms with Gasteiger partial charge < -0.3 is 24.1 Å². The number of amides is 1. The SMILES string of the molecule is COc1ccc(-c2onc(C)c2C(=O)NCC2COC(C)(C)O2)cc1. The maximum Gasteiger partial charge on any atom is 0.257 e. The monoisotopic (exact) mass is 346 g/mol. The van der Waals surface area contributed by atoms with Crippen LogP contribution in [0.25, 0.3) is 11.3 Å². The van der Waals surface area contributed by atoms with Crippen molar-refractivity contribution >= 4 is 5.91 Å². The summed E-state index contributed by atoms with van der Waals surface area (Å²) in [6.45, 7) is 6.24. The number of carbonyl (C=O) groups excluding carboxylic acids is 1. The van der Waals surface area contributed by atoms with E-state index in [4.69, 9.17) is 18.7 Å². The maximum absolute atomic E-state index is 12.6. The second-order valence-corrected chi connectivity index (χ2v) is 6.36. The van der Waals surface area contributed by atoms with Crippen molar-refractivity contribution in [3.8, 4) is 17.1 Å². The number of benzene rings is 1. The first kappa shape index (κ1) is 17.4. The summed E-state index contributed by atoms with van der Waals surface area (Å²) >= 11 is 0. The third kappa shape index (κ3) is 3.83. The molecule has 1 aromatic carbocycles. The average Bonchev–Trinajstić information content (AvgIpc) is 3.15. The zero-order chi connectivity index (χ0) is 18.0. The number of ether oxygens (including phenoxy) is 3. The zero-order valence-corrected chi connectivity index (χ0v) is 14.8. The second kappa shape index (κ2) is 6.85. The first-order chi connectivity index (χ1) is 11.9. The Morgan fingerprint density at radius 2 is 2.08 bits per heavy atom. The molecule has 3 rings (SSSR count). The standard InChI is InChI=1S/C18H22N2O5/c1-11-15(17(21)19-9-14-10-23-18(2,3)24-14)16(25-20-11)12-5-7-13(22-4)8-6-12/h5-8,14H,9-10H2,1-4H3,(H,19,21). The zero-order valence-electron chi connectivity index (χ0n) is 14.8. The fraction of sp³-hybridized carbons (Fsp3) is 0.444. The van der Waals surface area contributed by atoms with Crippen LogP contribution in [0.4, 0.5) is 0 Å². The Bertz CT molecular complexity index is 751. The largest absolute Gasteiger partial charge is 0.497 e. The lowest BCUT2D eigenvalue weighted by molar-refractivity contribution is -0.137. The number of hydrogen-bond acceptors (Lipinski definition) is 6.